The van der Waals surface area contributed by atoms with Crippen molar-refractivity contribution in [2.24, 2.45) is 11.5 Å². The normalized spacial score (nSPS) is 14.1. The van der Waals surface area contributed by atoms with Crippen LogP contribution in [0.2, 0.25) is 0 Å². The second kappa shape index (κ2) is 14.6. The van der Waals surface area contributed by atoms with Crippen molar-refractivity contribution in [1.29, 1.82) is 0 Å². The summed E-state index contributed by atoms with van der Waals surface area (Å²) in [6.45, 7) is 0. The van der Waals surface area contributed by atoms with E-state index in [0.717, 1.165) is 0 Å². The van der Waals surface area contributed by atoms with Crippen LogP contribution in [0.1, 0.15) is 31.4 Å². The number of H-pyrrole nitrogens is 1. The molecule has 1 rings (SSSR count). The summed E-state index contributed by atoms with van der Waals surface area (Å²) < 4.78 is 0. The fraction of sp³-hybridized carbons (Fsp3) is 0.526. The van der Waals surface area contributed by atoms with Crippen LogP contribution in [-0.2, 0) is 35.2 Å². The molecule has 0 aliphatic rings. The number of carbonyl (C=O) groups excluding carboxylic acids is 4. The molecule has 0 spiro atoms. The maximum absolute atomic E-state index is 12.9. The lowest BCUT2D eigenvalue weighted by Crippen LogP contribution is -2.57. The number of imidazole rings is 1. The molecule has 1 aromatic heterocycles. The van der Waals surface area contributed by atoms with Crippen molar-refractivity contribution in [1.82, 2.24) is 25.9 Å². The lowest BCUT2D eigenvalue weighted by Gasteiger charge is -2.24. The van der Waals surface area contributed by atoms with Crippen molar-refractivity contribution in [3.63, 3.8) is 0 Å². The smallest absolute Gasteiger partial charge is 0.327 e. The first kappa shape index (κ1) is 29.4. The van der Waals surface area contributed by atoms with Gasteiger partial charge in [0.25, 0.3) is 0 Å². The number of aliphatic carboxylic acids is 2. The summed E-state index contributed by atoms with van der Waals surface area (Å²) in [4.78, 5) is 77.9. The number of carbonyl (C=O) groups is 6. The minimum absolute atomic E-state index is 0.0694. The van der Waals surface area contributed by atoms with Gasteiger partial charge in [-0.05, 0) is 12.8 Å². The number of aromatic nitrogens is 2. The van der Waals surface area contributed by atoms with Gasteiger partial charge in [-0.15, -0.1) is 0 Å². The predicted molar refractivity (Wildman–Crippen MR) is 123 cm³/mol. The molecule has 35 heavy (non-hydrogen) atoms. The molecule has 0 fully saturated rings. The average Bonchev–Trinajstić information content (AvgIpc) is 3.29. The van der Waals surface area contributed by atoms with Gasteiger partial charge in [-0.3, -0.25) is 24.0 Å². The van der Waals surface area contributed by atoms with E-state index in [1.807, 2.05) is 0 Å². The lowest BCUT2D eigenvalue weighted by atomic mass is 10.1. The molecule has 194 valence electrons. The number of hydrogen-bond acceptors (Lipinski definition) is 9. The third-order valence-corrected chi connectivity index (χ3v) is 5.09. The van der Waals surface area contributed by atoms with Gasteiger partial charge < -0.3 is 42.6 Å². The molecular formula is C19H29N7O8S. The molecule has 0 saturated carbocycles. The molecule has 0 bridgehead atoms. The van der Waals surface area contributed by atoms with E-state index in [0.29, 0.717) is 5.69 Å². The summed E-state index contributed by atoms with van der Waals surface area (Å²) in [6, 6.07) is -5.27. The number of nitrogens with zero attached hydrogens (tertiary/aromatic N) is 1. The second-order valence-corrected chi connectivity index (χ2v) is 7.89. The molecule has 0 aromatic carbocycles. The quantitative estimate of drug-likeness (QED) is 0.1000. The Hall–Kier alpha value is -3.66. The van der Waals surface area contributed by atoms with Crippen LogP contribution >= 0.6 is 12.6 Å². The van der Waals surface area contributed by atoms with Crippen LogP contribution in [-0.4, -0.2) is 85.7 Å². The number of thiol groups is 1. The highest BCUT2D eigenvalue weighted by Gasteiger charge is 2.30. The number of amides is 4. The first-order chi connectivity index (χ1) is 16.4. The van der Waals surface area contributed by atoms with E-state index >= 15 is 0 Å². The van der Waals surface area contributed by atoms with Gasteiger partial charge >= 0.3 is 11.9 Å². The van der Waals surface area contributed by atoms with E-state index in [2.05, 4.69) is 38.5 Å². The fourth-order valence-corrected chi connectivity index (χ4v) is 3.07. The summed E-state index contributed by atoms with van der Waals surface area (Å²) in [5, 5.41) is 24.9. The molecule has 1 heterocycles. The number of nitrogens with one attached hydrogen (secondary N) is 4. The van der Waals surface area contributed by atoms with Crippen LogP contribution in [0.3, 0.4) is 0 Å². The van der Waals surface area contributed by atoms with Crippen molar-refractivity contribution in [3.05, 3.63) is 18.2 Å². The van der Waals surface area contributed by atoms with E-state index in [1.165, 1.54) is 12.5 Å². The van der Waals surface area contributed by atoms with E-state index < -0.39 is 66.2 Å². The lowest BCUT2D eigenvalue weighted by molar-refractivity contribution is -0.142. The Morgan fingerprint density at radius 1 is 0.943 bits per heavy atom. The number of rotatable bonds is 16. The minimum Gasteiger partial charge on any atom is -0.481 e. The number of aromatic amines is 1. The number of carboxylic acid groups (broad SMARTS) is 2. The summed E-state index contributed by atoms with van der Waals surface area (Å²) in [5.41, 5.74) is 11.6. The molecule has 0 aliphatic heterocycles. The minimum atomic E-state index is -1.45. The number of primary amides is 1. The third-order valence-electron chi connectivity index (χ3n) is 4.72. The van der Waals surface area contributed by atoms with Gasteiger partial charge in [-0.25, -0.2) is 9.78 Å². The van der Waals surface area contributed by atoms with Crippen molar-refractivity contribution in [2.75, 3.05) is 5.75 Å². The SMILES string of the molecule is NC(=O)CCC(NC(=O)C(N)Cc1cnc[nH]1)C(=O)NC(CCC(=O)O)C(=O)NC(CS)C(=O)O. The van der Waals surface area contributed by atoms with Crippen LogP contribution in [0.5, 0.6) is 0 Å². The van der Waals surface area contributed by atoms with Gasteiger partial charge in [0.1, 0.15) is 18.1 Å². The Morgan fingerprint density at radius 3 is 1.94 bits per heavy atom. The largest absolute Gasteiger partial charge is 0.481 e. The molecule has 0 saturated heterocycles. The molecular weight excluding hydrogens is 486 g/mol. The van der Waals surface area contributed by atoms with Crippen LogP contribution in [0.4, 0.5) is 0 Å². The van der Waals surface area contributed by atoms with Gasteiger partial charge in [-0.1, -0.05) is 0 Å². The van der Waals surface area contributed by atoms with Crippen molar-refractivity contribution >= 4 is 48.2 Å². The zero-order valence-electron chi connectivity index (χ0n) is 18.6. The van der Waals surface area contributed by atoms with Gasteiger partial charge in [0.2, 0.25) is 23.6 Å². The third kappa shape index (κ3) is 10.9. The topological polar surface area (TPSA) is 260 Å². The first-order valence-electron chi connectivity index (χ1n) is 10.4. The van der Waals surface area contributed by atoms with Crippen LogP contribution in [0.15, 0.2) is 12.5 Å². The molecule has 10 N–H and O–H groups in total. The highest BCUT2D eigenvalue weighted by Crippen LogP contribution is 2.05. The zero-order chi connectivity index (χ0) is 26.5. The maximum atomic E-state index is 12.9. The number of hydrogen-bond donors (Lipinski definition) is 9. The Bertz CT molecular complexity index is 911. The summed E-state index contributed by atoms with van der Waals surface area (Å²) >= 11 is 3.83. The van der Waals surface area contributed by atoms with Crippen LogP contribution < -0.4 is 27.4 Å². The first-order valence-corrected chi connectivity index (χ1v) is 11.1. The number of nitrogens with two attached hydrogens (primary N) is 2. The van der Waals surface area contributed by atoms with E-state index in [4.69, 9.17) is 21.7 Å². The molecule has 4 unspecified atom stereocenters. The number of carboxylic acids is 2. The van der Waals surface area contributed by atoms with Gasteiger partial charge in [0.15, 0.2) is 0 Å². The monoisotopic (exact) mass is 515 g/mol. The highest BCUT2D eigenvalue weighted by atomic mass is 32.1. The summed E-state index contributed by atoms with van der Waals surface area (Å²) in [6.07, 6.45) is 1.51. The van der Waals surface area contributed by atoms with Gasteiger partial charge in [0.05, 0.1) is 12.4 Å². The Kier molecular flexibility index (Phi) is 12.2. The second-order valence-electron chi connectivity index (χ2n) is 7.53. The van der Waals surface area contributed by atoms with Gasteiger partial charge in [-0.2, -0.15) is 12.6 Å². The molecule has 0 aliphatic carbocycles. The van der Waals surface area contributed by atoms with Crippen LogP contribution in [0, 0.1) is 0 Å². The molecule has 4 atom stereocenters. The standard InChI is InChI=1S/C19H29N7O8S/c20-10(5-9-6-22-8-23-9)16(30)24-11(1-3-14(21)27)17(31)25-12(2-4-15(28)29)18(32)26-13(7-35)19(33)34/h6,8,10-13,35H,1-5,7,20H2,(H2,21,27)(H,22,23)(H,24,30)(H,25,31)(H,26,32)(H,28,29)(H,33,34). The van der Waals surface area contributed by atoms with Crippen molar-refractivity contribution < 1.29 is 39.0 Å². The molecule has 1 aromatic rings. The van der Waals surface area contributed by atoms with Gasteiger partial charge in [0, 0.05) is 36.9 Å². The fourth-order valence-electron chi connectivity index (χ4n) is 2.83. The Balaban J connectivity index is 2.97. The highest BCUT2D eigenvalue weighted by molar-refractivity contribution is 7.80. The molecule has 16 heteroatoms. The Morgan fingerprint density at radius 2 is 1.49 bits per heavy atom. The molecule has 0 radical (unpaired) electrons. The molecule has 4 amide bonds. The van der Waals surface area contributed by atoms with Crippen molar-refractivity contribution in [2.45, 2.75) is 56.3 Å². The summed E-state index contributed by atoms with van der Waals surface area (Å²) in [5.74, 6) is -6.27. The van der Waals surface area contributed by atoms with E-state index in [-0.39, 0.29) is 31.4 Å². The maximum Gasteiger partial charge on any atom is 0.327 e. The zero-order valence-corrected chi connectivity index (χ0v) is 19.5. The Labute approximate surface area is 205 Å². The predicted octanol–water partition coefficient (Wildman–Crippen LogP) is -3.12. The average molecular weight is 516 g/mol. The van der Waals surface area contributed by atoms with E-state index in [1.54, 1.807) is 0 Å². The van der Waals surface area contributed by atoms with Crippen LogP contribution in [0.25, 0.3) is 0 Å². The summed E-state index contributed by atoms with van der Waals surface area (Å²) in [7, 11) is 0. The van der Waals surface area contributed by atoms with Crippen molar-refractivity contribution in [3.8, 4) is 0 Å². The molecule has 15 nitrogen and oxygen atoms in total. The van der Waals surface area contributed by atoms with E-state index in [9.17, 15) is 28.8 Å².